The molecule has 2 amide bonds. The van der Waals surface area contributed by atoms with Crippen LogP contribution in [0.4, 0.5) is 10.1 Å². The third-order valence-electron chi connectivity index (χ3n) is 6.53. The van der Waals surface area contributed by atoms with Crippen molar-refractivity contribution in [1.82, 2.24) is 25.3 Å². The minimum absolute atomic E-state index is 0.0289. The van der Waals surface area contributed by atoms with E-state index in [9.17, 15) is 22.4 Å². The first-order chi connectivity index (χ1) is 18.6. The Kier molecular flexibility index (Phi) is 6.87. The summed E-state index contributed by atoms with van der Waals surface area (Å²) >= 11 is 0. The number of carbonyl (C=O) groups excluding carboxylic acids is 2. The molecule has 3 heterocycles. The van der Waals surface area contributed by atoms with Gasteiger partial charge in [0.05, 0.1) is 34.5 Å². The van der Waals surface area contributed by atoms with Crippen molar-refractivity contribution in [2.24, 2.45) is 0 Å². The van der Waals surface area contributed by atoms with Gasteiger partial charge >= 0.3 is 0 Å². The maximum atomic E-state index is 14.1. The Morgan fingerprint density at radius 3 is 2.72 bits per heavy atom. The lowest BCUT2D eigenvalue weighted by Crippen LogP contribution is -2.28. The number of aromatic amines is 1. The normalized spacial score (nSPS) is 13.9. The Hall–Kier alpha value is -4.58. The zero-order chi connectivity index (χ0) is 27.7. The van der Waals surface area contributed by atoms with Crippen molar-refractivity contribution in [2.45, 2.75) is 31.0 Å². The van der Waals surface area contributed by atoms with Gasteiger partial charge in [-0.3, -0.25) is 14.3 Å². The molecule has 10 nitrogen and oxygen atoms in total. The van der Waals surface area contributed by atoms with E-state index < -0.39 is 27.3 Å². The zero-order valence-corrected chi connectivity index (χ0v) is 22.0. The van der Waals surface area contributed by atoms with Gasteiger partial charge in [0.1, 0.15) is 5.82 Å². The molecule has 39 heavy (non-hydrogen) atoms. The molecule has 0 fully saturated rings. The van der Waals surface area contributed by atoms with Crippen LogP contribution in [0.1, 0.15) is 38.4 Å². The summed E-state index contributed by atoms with van der Waals surface area (Å²) in [6, 6.07) is 10.0. The number of carbonyl (C=O) groups is 2. The molecule has 0 spiro atoms. The van der Waals surface area contributed by atoms with Gasteiger partial charge < -0.3 is 15.6 Å². The Bertz CT molecular complexity index is 1720. The third kappa shape index (κ3) is 5.23. The van der Waals surface area contributed by atoms with Gasteiger partial charge in [-0.2, -0.15) is 0 Å². The van der Waals surface area contributed by atoms with Gasteiger partial charge in [-0.1, -0.05) is 23.4 Å². The number of fused-ring (bicyclic) bond motifs is 1. The van der Waals surface area contributed by atoms with E-state index in [2.05, 4.69) is 25.9 Å². The van der Waals surface area contributed by atoms with Gasteiger partial charge in [0, 0.05) is 40.9 Å². The molecular weight excluding hydrogens is 523 g/mol. The minimum atomic E-state index is -3.90. The molecule has 0 unspecified atom stereocenters. The molecule has 0 saturated carbocycles. The number of nitrogens with one attached hydrogen (secondary N) is 3. The van der Waals surface area contributed by atoms with Crippen molar-refractivity contribution < 1.29 is 22.4 Å². The standard InChI is InChI=1S/C27H25FN6O4S/c1-16-24(31-17(2)25(16)27(36)29-9-11-34-12-10-30-33-34)14-21-20-13-19(7-8-23(20)32-26(21)35)39(37,38)15-18-5-3-4-6-22(18)28/h3-8,10,12-14,31H,9,11,15H2,1-2H3,(H,29,36)(H,32,35). The first-order valence-corrected chi connectivity index (χ1v) is 13.7. The number of nitrogens with zero attached hydrogens (tertiary/aromatic N) is 3. The molecule has 0 atom stereocenters. The quantitative estimate of drug-likeness (QED) is 0.289. The molecule has 12 heteroatoms. The highest BCUT2D eigenvalue weighted by Gasteiger charge is 2.28. The summed E-state index contributed by atoms with van der Waals surface area (Å²) in [5.41, 5.74) is 3.44. The van der Waals surface area contributed by atoms with E-state index in [4.69, 9.17) is 0 Å². The third-order valence-corrected chi connectivity index (χ3v) is 8.19. The highest BCUT2D eigenvalue weighted by molar-refractivity contribution is 7.90. The van der Waals surface area contributed by atoms with Crippen molar-refractivity contribution in [3.05, 3.63) is 94.3 Å². The van der Waals surface area contributed by atoms with Gasteiger partial charge in [0.15, 0.2) is 9.84 Å². The highest BCUT2D eigenvalue weighted by atomic mass is 32.2. The predicted octanol–water partition coefficient (Wildman–Crippen LogP) is 3.26. The fourth-order valence-corrected chi connectivity index (χ4v) is 5.92. The van der Waals surface area contributed by atoms with E-state index in [1.165, 1.54) is 36.4 Å². The molecule has 200 valence electrons. The first-order valence-electron chi connectivity index (χ1n) is 12.1. The van der Waals surface area contributed by atoms with Gasteiger partial charge in [-0.05, 0) is 49.8 Å². The second-order valence-corrected chi connectivity index (χ2v) is 11.1. The maximum absolute atomic E-state index is 14.1. The average molecular weight is 549 g/mol. The molecule has 2 aromatic heterocycles. The van der Waals surface area contributed by atoms with Crippen LogP contribution in [0.15, 0.2) is 59.8 Å². The SMILES string of the molecule is Cc1[nH]c(C=C2C(=O)Nc3ccc(S(=O)(=O)Cc4ccccc4F)cc32)c(C)c1C(=O)NCCn1ccnn1. The van der Waals surface area contributed by atoms with Crippen molar-refractivity contribution in [3.63, 3.8) is 0 Å². The lowest BCUT2D eigenvalue weighted by Gasteiger charge is -2.08. The number of rotatable bonds is 8. The first kappa shape index (κ1) is 26.0. The fraction of sp³-hybridized carbons (Fsp3) is 0.185. The second-order valence-electron chi connectivity index (χ2n) is 9.16. The van der Waals surface area contributed by atoms with Crippen LogP contribution in [0.2, 0.25) is 0 Å². The molecule has 0 aliphatic carbocycles. The van der Waals surface area contributed by atoms with Gasteiger partial charge in [-0.15, -0.1) is 5.10 Å². The number of benzene rings is 2. The number of halogens is 1. The van der Waals surface area contributed by atoms with E-state index in [-0.39, 0.29) is 21.9 Å². The lowest BCUT2D eigenvalue weighted by molar-refractivity contribution is -0.110. The highest BCUT2D eigenvalue weighted by Crippen LogP contribution is 2.36. The molecule has 1 aliphatic heterocycles. The van der Waals surface area contributed by atoms with Crippen LogP contribution < -0.4 is 10.6 Å². The predicted molar refractivity (Wildman–Crippen MR) is 143 cm³/mol. The van der Waals surface area contributed by atoms with Crippen LogP contribution in [-0.2, 0) is 26.9 Å². The summed E-state index contributed by atoms with van der Waals surface area (Å²) in [6.45, 7) is 4.34. The van der Waals surface area contributed by atoms with Crippen molar-refractivity contribution >= 4 is 39.0 Å². The van der Waals surface area contributed by atoms with Crippen LogP contribution in [0.25, 0.3) is 11.6 Å². The summed E-state index contributed by atoms with van der Waals surface area (Å²) in [5, 5.41) is 13.2. The molecule has 4 aromatic rings. The number of hydrogen-bond donors (Lipinski definition) is 3. The van der Waals surface area contributed by atoms with Gasteiger partial charge in [0.25, 0.3) is 11.8 Å². The van der Waals surface area contributed by atoms with Crippen LogP contribution >= 0.6 is 0 Å². The smallest absolute Gasteiger partial charge is 0.256 e. The number of hydrogen-bond acceptors (Lipinski definition) is 6. The topological polar surface area (TPSA) is 139 Å². The van der Waals surface area contributed by atoms with Crippen molar-refractivity contribution in [2.75, 3.05) is 11.9 Å². The number of sulfone groups is 1. The van der Waals surface area contributed by atoms with Crippen LogP contribution in [0.5, 0.6) is 0 Å². The number of amides is 2. The Balaban J connectivity index is 1.42. The fourth-order valence-electron chi connectivity index (χ4n) is 4.54. The number of aryl methyl sites for hydroxylation is 1. The summed E-state index contributed by atoms with van der Waals surface area (Å²) in [6.07, 6.45) is 4.86. The maximum Gasteiger partial charge on any atom is 0.256 e. The minimum Gasteiger partial charge on any atom is -0.358 e. The molecule has 0 bridgehead atoms. The van der Waals surface area contributed by atoms with E-state index in [0.29, 0.717) is 46.9 Å². The lowest BCUT2D eigenvalue weighted by atomic mass is 10.0. The largest absolute Gasteiger partial charge is 0.358 e. The van der Waals surface area contributed by atoms with E-state index in [1.54, 1.807) is 43.1 Å². The Morgan fingerprint density at radius 1 is 1.18 bits per heavy atom. The molecule has 1 aliphatic rings. The monoisotopic (exact) mass is 548 g/mol. The van der Waals surface area contributed by atoms with E-state index >= 15 is 0 Å². The molecule has 0 saturated heterocycles. The Labute approximate surface area is 223 Å². The summed E-state index contributed by atoms with van der Waals surface area (Å²) in [4.78, 5) is 28.9. The van der Waals surface area contributed by atoms with E-state index in [1.807, 2.05) is 0 Å². The summed E-state index contributed by atoms with van der Waals surface area (Å²) < 4.78 is 41.9. The number of anilines is 1. The van der Waals surface area contributed by atoms with Crippen molar-refractivity contribution in [1.29, 1.82) is 0 Å². The number of H-pyrrole nitrogens is 1. The zero-order valence-electron chi connectivity index (χ0n) is 21.2. The van der Waals surface area contributed by atoms with Crippen LogP contribution in [-0.4, -0.2) is 46.8 Å². The second kappa shape index (κ2) is 10.3. The molecular formula is C27H25FN6O4S. The summed E-state index contributed by atoms with van der Waals surface area (Å²) in [5.74, 6) is -1.79. The molecule has 5 rings (SSSR count). The Morgan fingerprint density at radius 2 is 1.97 bits per heavy atom. The van der Waals surface area contributed by atoms with Crippen LogP contribution in [0.3, 0.4) is 0 Å². The van der Waals surface area contributed by atoms with Gasteiger partial charge in [0.2, 0.25) is 0 Å². The van der Waals surface area contributed by atoms with Gasteiger partial charge in [-0.25, -0.2) is 12.8 Å². The molecule has 3 N–H and O–H groups in total. The van der Waals surface area contributed by atoms with E-state index in [0.717, 1.165) is 0 Å². The average Bonchev–Trinajstić information content (AvgIpc) is 3.59. The summed E-state index contributed by atoms with van der Waals surface area (Å²) in [7, 11) is -3.90. The molecule has 0 radical (unpaired) electrons. The van der Waals surface area contributed by atoms with Crippen LogP contribution in [0, 0.1) is 19.7 Å². The number of aromatic nitrogens is 4. The van der Waals surface area contributed by atoms with Crippen molar-refractivity contribution in [3.8, 4) is 0 Å². The molecule has 2 aromatic carbocycles.